The van der Waals surface area contributed by atoms with Crippen LogP contribution in [0, 0.1) is 3.57 Å². The van der Waals surface area contributed by atoms with E-state index in [-0.39, 0.29) is 35.0 Å². The van der Waals surface area contributed by atoms with Gasteiger partial charge in [0.15, 0.2) is 18.1 Å². The average molecular weight is 539 g/mol. The molecule has 156 valence electrons. The van der Waals surface area contributed by atoms with Gasteiger partial charge in [-0.2, -0.15) is 0 Å². The number of benzene rings is 2. The van der Waals surface area contributed by atoms with Crippen molar-refractivity contribution >= 4 is 57.5 Å². The summed E-state index contributed by atoms with van der Waals surface area (Å²) in [6.45, 7) is -0.116. The van der Waals surface area contributed by atoms with Gasteiger partial charge in [-0.1, -0.05) is 24.3 Å². The Hall–Kier alpha value is -2.53. The smallest absolute Gasteiger partial charge is 0.343 e. The summed E-state index contributed by atoms with van der Waals surface area (Å²) in [6.07, 6.45) is 1.56. The maximum absolute atomic E-state index is 12.8. The van der Waals surface area contributed by atoms with Crippen molar-refractivity contribution in [2.45, 2.75) is 6.54 Å². The number of hydrogen-bond donors (Lipinski definition) is 0. The summed E-state index contributed by atoms with van der Waals surface area (Å²) in [7, 11) is 2.73. The lowest BCUT2D eigenvalue weighted by molar-refractivity contribution is -0.143. The number of thioether (sulfide) groups is 1. The molecule has 0 atom stereocenters. The van der Waals surface area contributed by atoms with Crippen molar-refractivity contribution in [2.24, 2.45) is 0 Å². The second-order valence-electron chi connectivity index (χ2n) is 6.14. The maximum atomic E-state index is 12.8. The maximum Gasteiger partial charge on any atom is 0.343 e. The number of nitrogens with zero attached hydrogens (tertiary/aromatic N) is 1. The number of carbonyl (C=O) groups is 3. The molecule has 2 aromatic rings. The zero-order chi connectivity index (χ0) is 21.7. The van der Waals surface area contributed by atoms with Crippen molar-refractivity contribution in [3.63, 3.8) is 0 Å². The van der Waals surface area contributed by atoms with Crippen LogP contribution < -0.4 is 9.47 Å². The number of rotatable bonds is 7. The number of methoxy groups -OCH3 is 2. The molecule has 0 spiro atoms. The van der Waals surface area contributed by atoms with Crippen LogP contribution in [0.3, 0.4) is 0 Å². The predicted molar refractivity (Wildman–Crippen MR) is 121 cm³/mol. The van der Waals surface area contributed by atoms with Gasteiger partial charge in [0, 0.05) is 9.13 Å². The van der Waals surface area contributed by atoms with Gasteiger partial charge in [0.2, 0.25) is 0 Å². The Labute approximate surface area is 191 Å². The molecule has 1 aliphatic heterocycles. The van der Waals surface area contributed by atoms with Crippen molar-refractivity contribution in [2.75, 3.05) is 20.8 Å². The van der Waals surface area contributed by atoms with E-state index < -0.39 is 5.97 Å². The van der Waals surface area contributed by atoms with Gasteiger partial charge in [0.05, 0.1) is 25.7 Å². The van der Waals surface area contributed by atoms with E-state index in [0.717, 1.165) is 20.9 Å². The number of carbonyl (C=O) groups excluding carboxylic acids is 3. The van der Waals surface area contributed by atoms with Crippen LogP contribution in [-0.4, -0.2) is 42.8 Å². The third-order valence-corrected chi connectivity index (χ3v) is 5.83. The number of imide groups is 1. The van der Waals surface area contributed by atoms with Crippen LogP contribution in [0.15, 0.2) is 47.4 Å². The van der Waals surface area contributed by atoms with Gasteiger partial charge in [0.25, 0.3) is 11.1 Å². The van der Waals surface area contributed by atoms with Crippen LogP contribution in [0.4, 0.5) is 4.79 Å². The molecule has 3 rings (SSSR count). The quantitative estimate of drug-likeness (QED) is 0.298. The first-order valence-electron chi connectivity index (χ1n) is 8.79. The molecule has 9 heteroatoms. The van der Waals surface area contributed by atoms with E-state index in [1.54, 1.807) is 24.3 Å². The summed E-state index contributed by atoms with van der Waals surface area (Å²) < 4.78 is 16.5. The minimum Gasteiger partial charge on any atom is -0.493 e. The van der Waals surface area contributed by atoms with Crippen LogP contribution in [0.1, 0.15) is 11.1 Å². The third kappa shape index (κ3) is 5.14. The Kier molecular flexibility index (Phi) is 7.38. The summed E-state index contributed by atoms with van der Waals surface area (Å²) in [5.41, 5.74) is 1.38. The zero-order valence-electron chi connectivity index (χ0n) is 16.2. The zero-order valence-corrected chi connectivity index (χ0v) is 19.2. The molecule has 0 N–H and O–H groups in total. The minimum absolute atomic E-state index is 0.197. The van der Waals surface area contributed by atoms with E-state index in [9.17, 15) is 14.4 Å². The Morgan fingerprint density at radius 3 is 2.53 bits per heavy atom. The van der Waals surface area contributed by atoms with E-state index >= 15 is 0 Å². The van der Waals surface area contributed by atoms with Crippen molar-refractivity contribution in [3.8, 4) is 11.5 Å². The van der Waals surface area contributed by atoms with Crippen molar-refractivity contribution < 1.29 is 28.6 Å². The molecule has 2 aromatic carbocycles. The average Bonchev–Trinajstić information content (AvgIpc) is 3.01. The highest BCUT2D eigenvalue weighted by atomic mass is 127. The lowest BCUT2D eigenvalue weighted by Gasteiger charge is -2.13. The molecule has 0 radical (unpaired) electrons. The van der Waals surface area contributed by atoms with Crippen molar-refractivity contribution in [1.82, 2.24) is 4.90 Å². The minimum atomic E-state index is -0.551. The predicted octanol–water partition coefficient (Wildman–Crippen LogP) is 4.09. The van der Waals surface area contributed by atoms with Gasteiger partial charge in [-0.15, -0.1) is 0 Å². The molecular weight excluding hydrogens is 521 g/mol. The number of ether oxygens (including phenoxy) is 3. The third-order valence-electron chi connectivity index (χ3n) is 4.21. The molecule has 7 nitrogen and oxygen atoms in total. The molecule has 1 heterocycles. The van der Waals surface area contributed by atoms with E-state index in [0.29, 0.717) is 11.3 Å². The van der Waals surface area contributed by atoms with Gasteiger partial charge < -0.3 is 14.2 Å². The van der Waals surface area contributed by atoms with Crippen molar-refractivity contribution in [3.05, 3.63) is 62.1 Å². The molecule has 0 unspecified atom stereocenters. The SMILES string of the molecule is COC(=O)COc1c(/C=C2/SC(=O)N(Cc3ccc(I)cc3)C2=O)cccc1OC. The van der Waals surface area contributed by atoms with Crippen LogP contribution >= 0.6 is 34.4 Å². The van der Waals surface area contributed by atoms with Gasteiger partial charge in [-0.3, -0.25) is 14.5 Å². The summed E-state index contributed by atoms with van der Waals surface area (Å²) in [5.74, 6) is -0.254. The number of esters is 1. The van der Waals surface area contributed by atoms with Gasteiger partial charge >= 0.3 is 5.97 Å². The summed E-state index contributed by atoms with van der Waals surface area (Å²) in [6, 6.07) is 12.7. The van der Waals surface area contributed by atoms with E-state index in [4.69, 9.17) is 9.47 Å². The summed E-state index contributed by atoms with van der Waals surface area (Å²) >= 11 is 3.05. The fraction of sp³-hybridized carbons (Fsp3) is 0.190. The molecule has 0 aromatic heterocycles. The summed E-state index contributed by atoms with van der Waals surface area (Å²) in [5, 5.41) is -0.343. The molecule has 0 saturated carbocycles. The van der Waals surface area contributed by atoms with Gasteiger partial charge in [-0.05, 0) is 64.2 Å². The fourth-order valence-electron chi connectivity index (χ4n) is 2.70. The molecule has 0 aliphatic carbocycles. The van der Waals surface area contributed by atoms with Crippen LogP contribution in [0.5, 0.6) is 11.5 Å². The Balaban J connectivity index is 1.86. The molecule has 1 aliphatic rings. The fourth-order valence-corrected chi connectivity index (χ4v) is 3.89. The number of hydrogen-bond acceptors (Lipinski definition) is 7. The second-order valence-corrected chi connectivity index (χ2v) is 8.38. The monoisotopic (exact) mass is 539 g/mol. The lowest BCUT2D eigenvalue weighted by Crippen LogP contribution is -2.27. The van der Waals surface area contributed by atoms with Crippen LogP contribution in [0.2, 0.25) is 0 Å². The van der Waals surface area contributed by atoms with Crippen molar-refractivity contribution in [1.29, 1.82) is 0 Å². The van der Waals surface area contributed by atoms with E-state index in [1.165, 1.54) is 19.1 Å². The lowest BCUT2D eigenvalue weighted by atomic mass is 10.1. The number of halogens is 1. The normalized spacial score (nSPS) is 14.9. The standard InChI is InChI=1S/C21H18INO6S/c1-27-16-5-3-4-14(19(16)29-12-18(24)28-2)10-17-20(25)23(21(26)30-17)11-13-6-8-15(22)9-7-13/h3-10H,11-12H2,1-2H3/b17-10+. The first kappa shape index (κ1) is 22.2. The molecule has 2 amide bonds. The number of para-hydroxylation sites is 1. The molecule has 0 bridgehead atoms. The Morgan fingerprint density at radius 2 is 1.87 bits per heavy atom. The van der Waals surface area contributed by atoms with Crippen LogP contribution in [0.25, 0.3) is 6.08 Å². The van der Waals surface area contributed by atoms with E-state index in [1.807, 2.05) is 24.3 Å². The topological polar surface area (TPSA) is 82.1 Å². The highest BCUT2D eigenvalue weighted by molar-refractivity contribution is 14.1. The van der Waals surface area contributed by atoms with Gasteiger partial charge in [-0.25, -0.2) is 4.79 Å². The Bertz CT molecular complexity index is 1010. The molecule has 1 saturated heterocycles. The number of amides is 2. The summed E-state index contributed by atoms with van der Waals surface area (Å²) in [4.78, 5) is 38.2. The van der Waals surface area contributed by atoms with E-state index in [2.05, 4.69) is 27.3 Å². The first-order valence-corrected chi connectivity index (χ1v) is 10.7. The van der Waals surface area contributed by atoms with Gasteiger partial charge in [0.1, 0.15) is 0 Å². The van der Waals surface area contributed by atoms with Crippen LogP contribution in [-0.2, 0) is 20.9 Å². The highest BCUT2D eigenvalue weighted by Gasteiger charge is 2.35. The Morgan fingerprint density at radius 1 is 1.13 bits per heavy atom. The molecular formula is C21H18INO6S. The highest BCUT2D eigenvalue weighted by Crippen LogP contribution is 2.37. The first-order chi connectivity index (χ1) is 14.4. The molecule has 30 heavy (non-hydrogen) atoms. The molecule has 1 fully saturated rings. The largest absolute Gasteiger partial charge is 0.493 e. The second kappa shape index (κ2) is 9.98.